The molecule has 4 heterocycles. The highest BCUT2D eigenvalue weighted by Crippen LogP contribution is 2.34. The van der Waals surface area contributed by atoms with Crippen molar-refractivity contribution in [2.75, 3.05) is 23.7 Å². The first-order valence-electron chi connectivity index (χ1n) is 19.6. The third-order valence-electron chi connectivity index (χ3n) is 8.77. The van der Waals surface area contributed by atoms with Gasteiger partial charge in [-0.25, -0.2) is 28.8 Å². The van der Waals surface area contributed by atoms with E-state index in [4.69, 9.17) is 40.6 Å². The summed E-state index contributed by atoms with van der Waals surface area (Å²) in [6, 6.07) is 33.6. The molecular weight excluding hydrogens is 853 g/mol. The number of anilines is 2. The fourth-order valence-electron chi connectivity index (χ4n) is 6.04. The lowest BCUT2D eigenvalue weighted by Gasteiger charge is -2.02. The van der Waals surface area contributed by atoms with Crippen LogP contribution in [-0.4, -0.2) is 101 Å². The van der Waals surface area contributed by atoms with Crippen LogP contribution in [-0.2, 0) is 41.6 Å². The number of carboxylic acids is 6. The zero-order valence-electron chi connectivity index (χ0n) is 34.8. The molecule has 0 aliphatic carbocycles. The monoisotopic (exact) mass is 894 g/mol. The summed E-state index contributed by atoms with van der Waals surface area (Å²) in [5.74, 6) is -5.58. The molecule has 336 valence electrons. The van der Waals surface area contributed by atoms with Crippen LogP contribution in [0, 0.1) is 0 Å². The first-order chi connectivity index (χ1) is 31.7. The Morgan fingerprint density at radius 1 is 0.424 bits per heavy atom. The molecule has 8 rings (SSSR count). The van der Waals surface area contributed by atoms with Crippen molar-refractivity contribution in [3.05, 3.63) is 181 Å². The van der Waals surface area contributed by atoms with Crippen LogP contribution in [0.2, 0.25) is 0 Å². The molecule has 0 spiro atoms. The highest BCUT2D eigenvalue weighted by Gasteiger charge is 2.19. The first-order valence-corrected chi connectivity index (χ1v) is 19.6. The predicted octanol–water partition coefficient (Wildman–Crippen LogP) is 6.43. The number of benzene rings is 4. The maximum atomic E-state index is 9.55. The Hall–Kier alpha value is -9.32. The number of aliphatic imine (C=N–C) groups is 2. The number of carboxylic acid groups (broad SMARTS) is 6. The van der Waals surface area contributed by atoms with E-state index in [9.17, 15) is 28.8 Å². The van der Waals surface area contributed by atoms with Gasteiger partial charge in [-0.2, -0.15) is 0 Å². The first kappa shape index (κ1) is 49.3. The number of rotatable bonds is 12. The Kier molecular flexibility index (Phi) is 19.1. The van der Waals surface area contributed by atoms with Gasteiger partial charge < -0.3 is 41.3 Å². The third kappa shape index (κ3) is 16.5. The second kappa shape index (κ2) is 25.6. The van der Waals surface area contributed by atoms with E-state index in [-0.39, 0.29) is 0 Å². The lowest BCUT2D eigenvalue weighted by atomic mass is 10.1. The van der Waals surface area contributed by atoms with Gasteiger partial charge in [0.1, 0.15) is 11.7 Å². The summed E-state index contributed by atoms with van der Waals surface area (Å²) in [7, 11) is 0. The number of carbonyl (C=O) groups is 6. The molecule has 0 atom stereocenters. The second-order valence-electron chi connectivity index (χ2n) is 13.4. The average molecular weight is 895 g/mol. The van der Waals surface area contributed by atoms with Crippen LogP contribution in [0.1, 0.15) is 22.3 Å². The number of hydrogen-bond donors (Lipinski definition) is 8. The fourth-order valence-corrected chi connectivity index (χ4v) is 6.04. The number of nitrogens with one attached hydrogen (secondary N) is 2. The van der Waals surface area contributed by atoms with Gasteiger partial charge in [-0.15, -0.1) is 0 Å². The number of nitrogens with zero attached hydrogens (tertiary/aromatic N) is 4. The van der Waals surface area contributed by atoms with Crippen LogP contribution in [0.4, 0.5) is 11.4 Å². The molecule has 0 saturated heterocycles. The van der Waals surface area contributed by atoms with Crippen molar-refractivity contribution in [3.63, 3.8) is 0 Å². The smallest absolute Gasteiger partial charge is 0.328 e. The minimum Gasteiger partial charge on any atom is -0.478 e. The highest BCUT2D eigenvalue weighted by molar-refractivity contribution is 6.26. The Bertz CT molecular complexity index is 2560. The second-order valence-corrected chi connectivity index (χ2v) is 13.4. The van der Waals surface area contributed by atoms with Crippen molar-refractivity contribution in [1.82, 2.24) is 9.97 Å². The molecule has 8 N–H and O–H groups in total. The molecular formula is C48H42N6O12. The minimum atomic E-state index is -1.26. The van der Waals surface area contributed by atoms with Crippen LogP contribution in [0.25, 0.3) is 21.5 Å². The summed E-state index contributed by atoms with van der Waals surface area (Å²) in [6.07, 6.45) is 12.5. The average Bonchev–Trinajstić information content (AvgIpc) is 3.85. The number of hydrogen-bond acceptors (Lipinski definition) is 10. The van der Waals surface area contributed by atoms with E-state index in [0.29, 0.717) is 36.5 Å². The molecule has 4 aromatic carbocycles. The van der Waals surface area contributed by atoms with E-state index >= 15 is 0 Å². The van der Waals surface area contributed by atoms with E-state index in [2.05, 4.69) is 93.4 Å². The normalized spacial score (nSPS) is 12.7. The van der Waals surface area contributed by atoms with E-state index < -0.39 is 35.8 Å². The summed E-state index contributed by atoms with van der Waals surface area (Å²) >= 11 is 0. The zero-order valence-corrected chi connectivity index (χ0v) is 34.8. The molecule has 66 heavy (non-hydrogen) atoms. The molecule has 0 unspecified atom stereocenters. The standard InChI is InChI=1S/2C18H15N3.3C4H4O4/c2*1-3-14-4-2-6-16-17(14)15(5-1)18(21-16)20-12-9-13-7-10-19-11-8-13;3*5-3(6)1-2-4(7)8/h2*1-8,10-11H,9,12H2,(H,20,21);3*1-2H,(H,5,6)(H,7,8)/b;;3*2-1+. The lowest BCUT2D eigenvalue weighted by Crippen LogP contribution is -2.08. The number of amidine groups is 2. The molecule has 2 aliphatic rings. The van der Waals surface area contributed by atoms with Gasteiger partial charge in [0.2, 0.25) is 0 Å². The van der Waals surface area contributed by atoms with Crippen LogP contribution in [0.5, 0.6) is 0 Å². The van der Waals surface area contributed by atoms with Crippen LogP contribution in [0.3, 0.4) is 0 Å². The van der Waals surface area contributed by atoms with Gasteiger partial charge in [0.05, 0.1) is 0 Å². The summed E-state index contributed by atoms with van der Waals surface area (Å²) < 4.78 is 0. The summed E-state index contributed by atoms with van der Waals surface area (Å²) in [4.78, 5) is 74.9. The van der Waals surface area contributed by atoms with Gasteiger partial charge in [-0.1, -0.05) is 60.7 Å². The maximum absolute atomic E-state index is 9.55. The molecule has 18 heteroatoms. The largest absolute Gasteiger partial charge is 0.478 e. The van der Waals surface area contributed by atoms with Gasteiger partial charge in [-0.05, 0) is 71.1 Å². The Morgan fingerprint density at radius 2 is 0.712 bits per heavy atom. The Morgan fingerprint density at radius 3 is 1.00 bits per heavy atom. The summed E-state index contributed by atoms with van der Waals surface area (Å²) in [5.41, 5.74) is 7.26. The lowest BCUT2D eigenvalue weighted by molar-refractivity contribution is -0.134. The van der Waals surface area contributed by atoms with E-state index in [0.717, 1.165) is 49.0 Å². The van der Waals surface area contributed by atoms with Crippen molar-refractivity contribution in [3.8, 4) is 0 Å². The number of aromatic nitrogens is 2. The molecule has 0 saturated carbocycles. The van der Waals surface area contributed by atoms with E-state index in [1.165, 1.54) is 43.8 Å². The van der Waals surface area contributed by atoms with E-state index in [1.807, 2.05) is 49.1 Å². The zero-order chi connectivity index (χ0) is 47.8. The predicted molar refractivity (Wildman–Crippen MR) is 247 cm³/mol. The number of pyridine rings is 2. The van der Waals surface area contributed by atoms with Gasteiger partial charge >= 0.3 is 35.8 Å². The van der Waals surface area contributed by atoms with Crippen molar-refractivity contribution >= 4 is 80.4 Å². The molecule has 0 fully saturated rings. The summed E-state index contributed by atoms with van der Waals surface area (Å²) in [6.45, 7) is 1.55. The van der Waals surface area contributed by atoms with Gasteiger partial charge in [-0.3, -0.25) is 20.0 Å². The third-order valence-corrected chi connectivity index (χ3v) is 8.77. The van der Waals surface area contributed by atoms with Crippen molar-refractivity contribution in [2.24, 2.45) is 9.98 Å². The minimum absolute atomic E-state index is 0.558. The van der Waals surface area contributed by atoms with Gasteiger partial charge in [0.25, 0.3) is 0 Å². The molecule has 0 bridgehead atoms. The molecule has 2 aliphatic heterocycles. The Labute approximate surface area is 376 Å². The van der Waals surface area contributed by atoms with Crippen molar-refractivity contribution in [2.45, 2.75) is 12.8 Å². The topological polar surface area (TPSA) is 298 Å². The maximum Gasteiger partial charge on any atom is 0.328 e. The highest BCUT2D eigenvalue weighted by atomic mass is 16.4. The van der Waals surface area contributed by atoms with Crippen molar-refractivity contribution in [1.29, 1.82) is 0 Å². The number of aliphatic carboxylic acids is 6. The molecule has 0 radical (unpaired) electrons. The van der Waals surface area contributed by atoms with Crippen LogP contribution >= 0.6 is 0 Å². The van der Waals surface area contributed by atoms with E-state index in [1.54, 1.807) is 0 Å². The SMILES string of the molecule is O=C(O)/C=C/C(=O)O.O=C(O)/C=C/C(=O)O.O=C(O)/C=C/C(=O)O.c1cc2c3c(cccc3c1)C(=NCCc1ccncc1)N2.c1cc2c3c(cccc3c1)C(=NCCc1ccncc1)N2. The van der Waals surface area contributed by atoms with Gasteiger partial charge in [0.15, 0.2) is 0 Å². The molecule has 18 nitrogen and oxygen atoms in total. The van der Waals surface area contributed by atoms with Crippen molar-refractivity contribution < 1.29 is 59.4 Å². The Balaban J connectivity index is 0.000000197. The van der Waals surface area contributed by atoms with Crippen LogP contribution < -0.4 is 10.6 Å². The molecule has 2 aromatic heterocycles. The molecule has 0 amide bonds. The van der Waals surface area contributed by atoms with Crippen LogP contribution in [0.15, 0.2) is 168 Å². The van der Waals surface area contributed by atoms with Gasteiger partial charge in [0, 0.05) is 108 Å². The fraction of sp³-hybridized carbons (Fsp3) is 0.0833. The quantitative estimate of drug-likeness (QED) is 0.0614. The molecule has 6 aromatic rings. The summed E-state index contributed by atoms with van der Waals surface area (Å²) in [5, 5.41) is 58.8.